The summed E-state index contributed by atoms with van der Waals surface area (Å²) in [5.41, 5.74) is -0.149. The van der Waals surface area contributed by atoms with E-state index in [1.807, 2.05) is 7.05 Å². The summed E-state index contributed by atoms with van der Waals surface area (Å²) in [7, 11) is 1.89. The van der Waals surface area contributed by atoms with Gasteiger partial charge in [0.15, 0.2) is 0 Å². The van der Waals surface area contributed by atoms with Gasteiger partial charge in [0.2, 0.25) is 5.78 Å². The highest BCUT2D eigenvalue weighted by atomic mass is 16.2. The van der Waals surface area contributed by atoms with Crippen LogP contribution in [0.15, 0.2) is 0 Å². The maximum absolute atomic E-state index is 12.1. The first-order valence-corrected chi connectivity index (χ1v) is 6.35. The Hall–Kier alpha value is -0.900. The van der Waals surface area contributed by atoms with Crippen molar-refractivity contribution in [3.63, 3.8) is 0 Å². The molecular formula is C13H24N2O2. The number of amides is 1. The van der Waals surface area contributed by atoms with Crippen LogP contribution >= 0.6 is 0 Å². The third-order valence-corrected chi connectivity index (χ3v) is 3.73. The molecule has 1 amide bonds. The molecule has 1 unspecified atom stereocenters. The molecule has 1 aliphatic heterocycles. The number of hydrogen-bond acceptors (Lipinski definition) is 3. The second-order valence-electron chi connectivity index (χ2n) is 5.65. The van der Waals surface area contributed by atoms with Crippen molar-refractivity contribution in [1.29, 1.82) is 0 Å². The van der Waals surface area contributed by atoms with Gasteiger partial charge < -0.3 is 10.2 Å². The Morgan fingerprint density at radius 2 is 1.94 bits per heavy atom. The van der Waals surface area contributed by atoms with Crippen LogP contribution in [0.2, 0.25) is 0 Å². The summed E-state index contributed by atoms with van der Waals surface area (Å²) in [6, 6.07) is 0.114. The van der Waals surface area contributed by atoms with Gasteiger partial charge in [-0.05, 0) is 33.7 Å². The van der Waals surface area contributed by atoms with E-state index in [2.05, 4.69) is 19.2 Å². The van der Waals surface area contributed by atoms with E-state index >= 15 is 0 Å². The summed E-state index contributed by atoms with van der Waals surface area (Å²) in [5.74, 6) is -0.809. The van der Waals surface area contributed by atoms with Gasteiger partial charge in [-0.15, -0.1) is 0 Å². The Bertz CT molecular complexity index is 311. The Morgan fingerprint density at radius 1 is 1.35 bits per heavy atom. The molecule has 0 radical (unpaired) electrons. The minimum atomic E-state index is -0.314. The summed E-state index contributed by atoms with van der Waals surface area (Å²) < 4.78 is 0. The molecule has 1 rings (SSSR count). The van der Waals surface area contributed by atoms with Crippen molar-refractivity contribution in [2.75, 3.05) is 13.6 Å². The first-order chi connectivity index (χ1) is 7.81. The highest BCUT2D eigenvalue weighted by Crippen LogP contribution is 2.27. The van der Waals surface area contributed by atoms with Gasteiger partial charge in [0, 0.05) is 24.0 Å². The molecule has 1 N–H and O–H groups in total. The highest BCUT2D eigenvalue weighted by Gasteiger charge is 2.40. The molecule has 98 valence electrons. The summed E-state index contributed by atoms with van der Waals surface area (Å²) in [4.78, 5) is 25.6. The predicted molar refractivity (Wildman–Crippen MR) is 67.7 cm³/mol. The number of ketones is 1. The Labute approximate surface area is 104 Å². The van der Waals surface area contributed by atoms with E-state index in [0.717, 1.165) is 12.8 Å². The molecule has 0 spiro atoms. The van der Waals surface area contributed by atoms with Gasteiger partial charge in [-0.3, -0.25) is 9.59 Å². The number of rotatable bonds is 4. The standard InChI is InChI=1S/C13H24N2O2/c1-9(2)11(16)12(17)15-8-6-7-10(15)13(3,4)14-5/h9-10,14H,6-8H2,1-5H3. The monoisotopic (exact) mass is 240 g/mol. The summed E-state index contributed by atoms with van der Waals surface area (Å²) >= 11 is 0. The third-order valence-electron chi connectivity index (χ3n) is 3.73. The lowest BCUT2D eigenvalue weighted by molar-refractivity contribution is -0.147. The van der Waals surface area contributed by atoms with Gasteiger partial charge in [-0.2, -0.15) is 0 Å². The van der Waals surface area contributed by atoms with Gasteiger partial charge in [-0.1, -0.05) is 13.8 Å². The number of carbonyl (C=O) groups is 2. The van der Waals surface area contributed by atoms with E-state index in [-0.39, 0.29) is 29.2 Å². The quantitative estimate of drug-likeness (QED) is 0.751. The third kappa shape index (κ3) is 2.86. The van der Waals surface area contributed by atoms with Gasteiger partial charge in [0.1, 0.15) is 0 Å². The van der Waals surface area contributed by atoms with E-state index in [1.165, 1.54) is 0 Å². The molecule has 0 aliphatic carbocycles. The second kappa shape index (κ2) is 5.17. The SMILES string of the molecule is CNC(C)(C)C1CCCN1C(=O)C(=O)C(C)C. The predicted octanol–water partition coefficient (Wildman–Crippen LogP) is 1.20. The van der Waals surface area contributed by atoms with Crippen LogP contribution in [0.1, 0.15) is 40.5 Å². The van der Waals surface area contributed by atoms with Crippen molar-refractivity contribution in [1.82, 2.24) is 10.2 Å². The molecule has 1 atom stereocenters. The normalized spacial score (nSPS) is 21.1. The maximum Gasteiger partial charge on any atom is 0.290 e. The van der Waals surface area contributed by atoms with Crippen LogP contribution in [-0.2, 0) is 9.59 Å². The molecule has 4 heteroatoms. The minimum absolute atomic E-state index is 0.114. The number of likely N-dealkylation sites (N-methyl/N-ethyl adjacent to an activating group) is 1. The molecule has 0 aromatic rings. The van der Waals surface area contributed by atoms with Crippen molar-refractivity contribution in [2.24, 2.45) is 5.92 Å². The fraction of sp³-hybridized carbons (Fsp3) is 0.846. The van der Waals surface area contributed by atoms with Crippen LogP contribution in [0.3, 0.4) is 0 Å². The van der Waals surface area contributed by atoms with Gasteiger partial charge >= 0.3 is 0 Å². The van der Waals surface area contributed by atoms with Crippen molar-refractivity contribution < 1.29 is 9.59 Å². The van der Waals surface area contributed by atoms with Crippen molar-refractivity contribution in [3.8, 4) is 0 Å². The van der Waals surface area contributed by atoms with Crippen LogP contribution in [-0.4, -0.2) is 41.8 Å². The first-order valence-electron chi connectivity index (χ1n) is 6.35. The zero-order valence-corrected chi connectivity index (χ0v) is 11.5. The molecule has 0 bridgehead atoms. The molecule has 0 saturated carbocycles. The van der Waals surface area contributed by atoms with Crippen LogP contribution in [0, 0.1) is 5.92 Å². The Kier molecular flexibility index (Phi) is 4.31. The zero-order chi connectivity index (χ0) is 13.2. The molecule has 17 heavy (non-hydrogen) atoms. The number of carbonyl (C=O) groups excluding carboxylic acids is 2. The van der Waals surface area contributed by atoms with E-state index in [0.29, 0.717) is 6.54 Å². The average molecular weight is 240 g/mol. The number of Topliss-reactive ketones (excluding diaryl/α,β-unsaturated/α-hetero) is 1. The molecule has 0 aromatic carbocycles. The lowest BCUT2D eigenvalue weighted by Gasteiger charge is -2.37. The largest absolute Gasteiger partial charge is 0.331 e. The van der Waals surface area contributed by atoms with Crippen LogP contribution in [0.4, 0.5) is 0 Å². The Morgan fingerprint density at radius 3 is 2.41 bits per heavy atom. The molecular weight excluding hydrogens is 216 g/mol. The van der Waals surface area contributed by atoms with Gasteiger partial charge in [-0.25, -0.2) is 0 Å². The summed E-state index contributed by atoms with van der Waals surface area (Å²) in [6.07, 6.45) is 1.94. The fourth-order valence-corrected chi connectivity index (χ4v) is 2.32. The number of likely N-dealkylation sites (tertiary alicyclic amines) is 1. The van der Waals surface area contributed by atoms with Gasteiger partial charge in [0.05, 0.1) is 0 Å². The lowest BCUT2D eigenvalue weighted by atomic mass is 9.92. The van der Waals surface area contributed by atoms with E-state index in [9.17, 15) is 9.59 Å². The second-order valence-corrected chi connectivity index (χ2v) is 5.65. The zero-order valence-electron chi connectivity index (χ0n) is 11.5. The van der Waals surface area contributed by atoms with Gasteiger partial charge in [0.25, 0.3) is 5.91 Å². The van der Waals surface area contributed by atoms with E-state index < -0.39 is 0 Å². The van der Waals surface area contributed by atoms with Crippen LogP contribution in [0.25, 0.3) is 0 Å². The molecule has 1 heterocycles. The van der Waals surface area contributed by atoms with Crippen LogP contribution in [0.5, 0.6) is 0 Å². The lowest BCUT2D eigenvalue weighted by Crippen LogP contribution is -2.56. The van der Waals surface area contributed by atoms with E-state index in [1.54, 1.807) is 18.7 Å². The van der Waals surface area contributed by atoms with Crippen molar-refractivity contribution >= 4 is 11.7 Å². The molecule has 0 aromatic heterocycles. The number of nitrogens with one attached hydrogen (secondary N) is 1. The van der Waals surface area contributed by atoms with Crippen LogP contribution < -0.4 is 5.32 Å². The topological polar surface area (TPSA) is 49.4 Å². The molecule has 1 aliphatic rings. The minimum Gasteiger partial charge on any atom is -0.331 e. The van der Waals surface area contributed by atoms with Crippen molar-refractivity contribution in [2.45, 2.75) is 52.1 Å². The molecule has 4 nitrogen and oxygen atoms in total. The Balaban J connectivity index is 2.83. The summed E-state index contributed by atoms with van der Waals surface area (Å²) in [6.45, 7) is 8.39. The first kappa shape index (κ1) is 14.2. The number of hydrogen-bond donors (Lipinski definition) is 1. The number of nitrogens with zero attached hydrogens (tertiary/aromatic N) is 1. The highest BCUT2D eigenvalue weighted by molar-refractivity contribution is 6.36. The smallest absolute Gasteiger partial charge is 0.290 e. The molecule has 1 saturated heterocycles. The summed E-state index contributed by atoms with van der Waals surface area (Å²) in [5, 5.41) is 3.23. The average Bonchev–Trinajstić information content (AvgIpc) is 2.76. The maximum atomic E-state index is 12.1. The molecule has 1 fully saturated rings. The van der Waals surface area contributed by atoms with E-state index in [4.69, 9.17) is 0 Å². The van der Waals surface area contributed by atoms with Crippen molar-refractivity contribution in [3.05, 3.63) is 0 Å². The fourth-order valence-electron chi connectivity index (χ4n) is 2.32.